The average Bonchev–Trinajstić information content (AvgIpc) is 3.09. The van der Waals surface area contributed by atoms with E-state index in [1.807, 2.05) is 17.5 Å². The van der Waals surface area contributed by atoms with E-state index in [0.29, 0.717) is 22.1 Å². The Morgan fingerprint density at radius 3 is 2.50 bits per heavy atom. The molecule has 0 saturated carbocycles. The first-order chi connectivity index (χ1) is 13.5. The summed E-state index contributed by atoms with van der Waals surface area (Å²) in [4.78, 5) is 26.4. The molecule has 2 aromatic rings. The van der Waals surface area contributed by atoms with Gasteiger partial charge in [0.2, 0.25) is 0 Å². The summed E-state index contributed by atoms with van der Waals surface area (Å²) in [5.74, 6) is -0.530. The van der Waals surface area contributed by atoms with Gasteiger partial charge in [-0.05, 0) is 38.0 Å². The zero-order valence-corrected chi connectivity index (χ0v) is 18.2. The molecule has 1 unspecified atom stereocenters. The first kappa shape index (κ1) is 22.4. The van der Waals surface area contributed by atoms with Crippen LogP contribution in [0.3, 0.4) is 0 Å². The van der Waals surface area contributed by atoms with Crippen molar-refractivity contribution in [3.63, 3.8) is 0 Å². The molecule has 1 atom stereocenters. The summed E-state index contributed by atoms with van der Waals surface area (Å²) in [6.45, 7) is 8.49. The molecular formula is C21H28ClN2O3S+. The van der Waals surface area contributed by atoms with Gasteiger partial charge < -0.3 is 15.0 Å². The summed E-state index contributed by atoms with van der Waals surface area (Å²) in [5.41, 5.74) is 1.99. The van der Waals surface area contributed by atoms with Crippen LogP contribution in [0.25, 0.3) is 11.1 Å². The first-order valence-corrected chi connectivity index (χ1v) is 10.9. The molecule has 7 heteroatoms. The first-order valence-electron chi connectivity index (χ1n) is 9.68. The van der Waals surface area contributed by atoms with E-state index in [-0.39, 0.29) is 12.5 Å². The Bertz CT molecular complexity index is 789. The second-order valence-corrected chi connectivity index (χ2v) is 7.83. The van der Waals surface area contributed by atoms with E-state index in [2.05, 4.69) is 19.2 Å². The smallest absolute Gasteiger partial charge is 0.341 e. The molecule has 0 saturated heterocycles. The lowest BCUT2D eigenvalue weighted by atomic mass is 10.0. The highest BCUT2D eigenvalue weighted by Gasteiger charge is 2.23. The number of amides is 1. The van der Waals surface area contributed by atoms with Gasteiger partial charge in [-0.1, -0.05) is 37.1 Å². The SMILES string of the molecule is CCCC[NH+](CC)CC(=O)Nc1scc(-c2ccc(Cl)cc2)c1C(=O)OCC. The Morgan fingerprint density at radius 2 is 1.89 bits per heavy atom. The average molecular weight is 424 g/mol. The van der Waals surface area contributed by atoms with Crippen molar-refractivity contribution in [2.45, 2.75) is 33.6 Å². The highest BCUT2D eigenvalue weighted by atomic mass is 35.5. The number of rotatable bonds is 10. The van der Waals surface area contributed by atoms with E-state index in [0.717, 1.165) is 37.1 Å². The van der Waals surface area contributed by atoms with Gasteiger partial charge in [-0.2, -0.15) is 0 Å². The molecule has 1 heterocycles. The standard InChI is InChI=1S/C21H27ClN2O3S/c1-4-7-12-24(5-2)13-18(25)23-20-19(21(26)27-6-3)17(14-28-20)15-8-10-16(22)11-9-15/h8-11,14H,4-7,12-13H2,1-3H3,(H,23,25)/p+1. The Kier molecular flexibility index (Phi) is 8.96. The zero-order valence-electron chi connectivity index (χ0n) is 16.6. The second-order valence-electron chi connectivity index (χ2n) is 6.51. The monoisotopic (exact) mass is 423 g/mol. The fourth-order valence-corrected chi connectivity index (χ4v) is 4.01. The Hall–Kier alpha value is -1.89. The maximum absolute atomic E-state index is 12.6. The van der Waals surface area contributed by atoms with E-state index in [1.54, 1.807) is 19.1 Å². The van der Waals surface area contributed by atoms with Crippen LogP contribution >= 0.6 is 22.9 Å². The Balaban J connectivity index is 2.24. The number of quaternary nitrogens is 1. The van der Waals surface area contributed by atoms with Crippen molar-refractivity contribution in [2.75, 3.05) is 31.6 Å². The molecule has 0 fully saturated rings. The predicted octanol–water partition coefficient (Wildman–Crippen LogP) is 3.89. The number of unbranched alkanes of at least 4 members (excludes halogenated alkanes) is 1. The Labute approximate surface area is 175 Å². The fraction of sp³-hybridized carbons (Fsp3) is 0.429. The number of hydrogen-bond acceptors (Lipinski definition) is 4. The number of benzene rings is 1. The van der Waals surface area contributed by atoms with Crippen LogP contribution in [0.15, 0.2) is 29.6 Å². The van der Waals surface area contributed by atoms with E-state index in [9.17, 15) is 9.59 Å². The Morgan fingerprint density at radius 1 is 1.18 bits per heavy atom. The molecule has 1 aromatic carbocycles. The van der Waals surface area contributed by atoms with Gasteiger partial charge in [0.1, 0.15) is 10.6 Å². The number of halogens is 1. The number of anilines is 1. The summed E-state index contributed by atoms with van der Waals surface area (Å²) in [6, 6.07) is 7.26. The van der Waals surface area contributed by atoms with Gasteiger partial charge in [0.05, 0.1) is 19.7 Å². The molecule has 0 aliphatic heterocycles. The molecule has 2 N–H and O–H groups in total. The number of carbonyl (C=O) groups is 2. The van der Waals surface area contributed by atoms with Crippen LogP contribution in [-0.4, -0.2) is 38.1 Å². The minimum Gasteiger partial charge on any atom is -0.462 e. The van der Waals surface area contributed by atoms with E-state index < -0.39 is 5.97 Å². The molecule has 1 aromatic heterocycles. The largest absolute Gasteiger partial charge is 0.462 e. The molecule has 0 radical (unpaired) electrons. The molecule has 0 aliphatic carbocycles. The van der Waals surface area contributed by atoms with Crippen molar-refractivity contribution in [3.05, 3.63) is 40.2 Å². The highest BCUT2D eigenvalue weighted by Crippen LogP contribution is 2.36. The van der Waals surface area contributed by atoms with Crippen LogP contribution < -0.4 is 10.2 Å². The molecular weight excluding hydrogens is 396 g/mol. The number of hydrogen-bond donors (Lipinski definition) is 2. The van der Waals surface area contributed by atoms with Crippen molar-refractivity contribution in [1.82, 2.24) is 0 Å². The molecule has 28 heavy (non-hydrogen) atoms. The van der Waals surface area contributed by atoms with Crippen molar-refractivity contribution in [1.29, 1.82) is 0 Å². The minimum absolute atomic E-state index is 0.0944. The summed E-state index contributed by atoms with van der Waals surface area (Å²) < 4.78 is 5.23. The molecule has 2 rings (SSSR count). The molecule has 1 amide bonds. The van der Waals surface area contributed by atoms with Crippen LogP contribution in [0.1, 0.15) is 44.0 Å². The third kappa shape index (κ3) is 6.06. The van der Waals surface area contributed by atoms with E-state index in [1.165, 1.54) is 16.2 Å². The third-order valence-electron chi connectivity index (χ3n) is 4.47. The minimum atomic E-state index is -0.435. The number of thiophene rings is 1. The lowest BCUT2D eigenvalue weighted by molar-refractivity contribution is -0.890. The van der Waals surface area contributed by atoms with Crippen molar-refractivity contribution >= 4 is 39.8 Å². The lowest BCUT2D eigenvalue weighted by Gasteiger charge is -2.16. The maximum Gasteiger partial charge on any atom is 0.341 e. The predicted molar refractivity (Wildman–Crippen MR) is 115 cm³/mol. The third-order valence-corrected chi connectivity index (χ3v) is 5.62. The van der Waals surface area contributed by atoms with Crippen molar-refractivity contribution < 1.29 is 19.2 Å². The lowest BCUT2D eigenvalue weighted by Crippen LogP contribution is -3.12. The second kappa shape index (κ2) is 11.2. The van der Waals surface area contributed by atoms with Crippen LogP contribution in [0.2, 0.25) is 5.02 Å². The van der Waals surface area contributed by atoms with Gasteiger partial charge in [0, 0.05) is 16.0 Å². The van der Waals surface area contributed by atoms with Crippen LogP contribution in [0.4, 0.5) is 5.00 Å². The summed E-state index contributed by atoms with van der Waals surface area (Å²) in [5, 5.41) is 5.94. The van der Waals surface area contributed by atoms with Crippen molar-refractivity contribution in [2.24, 2.45) is 0 Å². The van der Waals surface area contributed by atoms with Gasteiger partial charge in [-0.25, -0.2) is 4.79 Å². The molecule has 5 nitrogen and oxygen atoms in total. The van der Waals surface area contributed by atoms with Gasteiger partial charge >= 0.3 is 5.97 Å². The maximum atomic E-state index is 12.6. The van der Waals surface area contributed by atoms with Gasteiger partial charge in [-0.15, -0.1) is 11.3 Å². The molecule has 0 aliphatic rings. The van der Waals surface area contributed by atoms with E-state index >= 15 is 0 Å². The fourth-order valence-electron chi connectivity index (χ4n) is 2.91. The van der Waals surface area contributed by atoms with Crippen LogP contribution in [0, 0.1) is 0 Å². The van der Waals surface area contributed by atoms with Gasteiger partial charge in [-0.3, -0.25) is 4.79 Å². The van der Waals surface area contributed by atoms with Gasteiger partial charge in [0.15, 0.2) is 6.54 Å². The zero-order chi connectivity index (χ0) is 20.5. The van der Waals surface area contributed by atoms with Gasteiger partial charge in [0.25, 0.3) is 5.91 Å². The summed E-state index contributed by atoms with van der Waals surface area (Å²) in [6.07, 6.45) is 2.19. The highest BCUT2D eigenvalue weighted by molar-refractivity contribution is 7.15. The van der Waals surface area contributed by atoms with Crippen LogP contribution in [0.5, 0.6) is 0 Å². The van der Waals surface area contributed by atoms with Crippen LogP contribution in [-0.2, 0) is 9.53 Å². The van der Waals surface area contributed by atoms with E-state index in [4.69, 9.17) is 16.3 Å². The number of nitrogens with one attached hydrogen (secondary N) is 2. The molecule has 0 spiro atoms. The number of likely N-dealkylation sites (N-methyl/N-ethyl adjacent to an activating group) is 1. The quantitative estimate of drug-likeness (QED) is 0.570. The van der Waals surface area contributed by atoms with Crippen molar-refractivity contribution in [3.8, 4) is 11.1 Å². The topological polar surface area (TPSA) is 59.8 Å². The number of esters is 1. The normalized spacial score (nSPS) is 11.9. The summed E-state index contributed by atoms with van der Waals surface area (Å²) in [7, 11) is 0. The number of ether oxygens (including phenoxy) is 1. The molecule has 0 bridgehead atoms. The number of carbonyl (C=O) groups excluding carboxylic acids is 2. The summed E-state index contributed by atoms with van der Waals surface area (Å²) >= 11 is 7.31. The molecule has 152 valence electrons.